The quantitative estimate of drug-likeness (QED) is 0.876. The third-order valence-electron chi connectivity index (χ3n) is 3.84. The van der Waals surface area contributed by atoms with Gasteiger partial charge in [-0.1, -0.05) is 18.2 Å². The van der Waals surface area contributed by atoms with Crippen LogP contribution >= 0.6 is 0 Å². The first-order chi connectivity index (χ1) is 11.2. The Kier molecular flexibility index (Phi) is 4.41. The van der Waals surface area contributed by atoms with Gasteiger partial charge in [0.15, 0.2) is 0 Å². The second kappa shape index (κ2) is 6.64. The lowest BCUT2D eigenvalue weighted by Crippen LogP contribution is -2.33. The Balaban J connectivity index is 1.63. The van der Waals surface area contributed by atoms with Crippen LogP contribution in [0.1, 0.15) is 30.0 Å². The summed E-state index contributed by atoms with van der Waals surface area (Å²) in [7, 11) is 1.59. The number of ether oxygens (including phenoxy) is 1. The van der Waals surface area contributed by atoms with E-state index in [-0.39, 0.29) is 18.0 Å². The molecule has 0 bridgehead atoms. The minimum atomic E-state index is -0.262. The molecule has 1 saturated carbocycles. The van der Waals surface area contributed by atoms with Gasteiger partial charge in [-0.3, -0.25) is 9.59 Å². The van der Waals surface area contributed by atoms with Crippen molar-refractivity contribution in [3.05, 3.63) is 58.0 Å². The van der Waals surface area contributed by atoms with Gasteiger partial charge in [-0.2, -0.15) is 5.10 Å². The Morgan fingerprint density at radius 3 is 2.83 bits per heavy atom. The molecule has 1 amide bonds. The maximum Gasteiger partial charge on any atom is 0.267 e. The summed E-state index contributed by atoms with van der Waals surface area (Å²) in [4.78, 5) is 23.9. The molecule has 1 aliphatic carbocycles. The number of nitrogens with one attached hydrogen (secondary N) is 1. The first kappa shape index (κ1) is 15.3. The number of aromatic nitrogens is 2. The second-order valence-electron chi connectivity index (χ2n) is 5.62. The highest BCUT2D eigenvalue weighted by Gasteiger charge is 2.25. The molecule has 0 unspecified atom stereocenters. The fraction of sp³-hybridized carbons (Fsp3) is 0.353. The largest absolute Gasteiger partial charge is 0.496 e. The van der Waals surface area contributed by atoms with Gasteiger partial charge in [0.25, 0.3) is 5.56 Å². The van der Waals surface area contributed by atoms with Crippen LogP contribution in [0.15, 0.2) is 41.2 Å². The van der Waals surface area contributed by atoms with Gasteiger partial charge in [-0.25, -0.2) is 4.68 Å². The lowest BCUT2D eigenvalue weighted by Gasteiger charge is -2.10. The molecule has 120 valence electrons. The normalized spacial score (nSPS) is 13.6. The lowest BCUT2D eigenvalue weighted by molar-refractivity contribution is -0.122. The van der Waals surface area contributed by atoms with E-state index in [1.54, 1.807) is 13.2 Å². The van der Waals surface area contributed by atoms with Crippen molar-refractivity contribution < 1.29 is 9.53 Å². The molecule has 1 fully saturated rings. The number of benzene rings is 1. The SMILES string of the molecule is COc1ccccc1CNC(=O)Cn1nc(C2CC2)ccc1=O. The van der Waals surface area contributed by atoms with Crippen molar-refractivity contribution in [3.63, 3.8) is 0 Å². The summed E-state index contributed by atoms with van der Waals surface area (Å²) in [6.45, 7) is 0.272. The second-order valence-corrected chi connectivity index (χ2v) is 5.62. The van der Waals surface area contributed by atoms with Crippen LogP contribution in [0, 0.1) is 0 Å². The molecule has 3 rings (SSSR count). The summed E-state index contributed by atoms with van der Waals surface area (Å²) in [6.07, 6.45) is 2.20. The number of carbonyl (C=O) groups excluding carboxylic acids is 1. The van der Waals surface area contributed by atoms with E-state index in [0.717, 1.165) is 29.8 Å². The fourth-order valence-corrected chi connectivity index (χ4v) is 2.41. The van der Waals surface area contributed by atoms with Crippen molar-refractivity contribution in [1.82, 2.24) is 15.1 Å². The van der Waals surface area contributed by atoms with Crippen molar-refractivity contribution in [2.24, 2.45) is 0 Å². The third-order valence-corrected chi connectivity index (χ3v) is 3.84. The maximum atomic E-state index is 12.1. The molecule has 0 atom stereocenters. The molecule has 0 aliphatic heterocycles. The predicted octanol–water partition coefficient (Wildman–Crippen LogP) is 1.45. The molecule has 0 spiro atoms. The van der Waals surface area contributed by atoms with Gasteiger partial charge in [-0.05, 0) is 25.0 Å². The topological polar surface area (TPSA) is 73.2 Å². The van der Waals surface area contributed by atoms with Gasteiger partial charge in [0.1, 0.15) is 12.3 Å². The molecule has 23 heavy (non-hydrogen) atoms. The summed E-state index contributed by atoms with van der Waals surface area (Å²) in [6, 6.07) is 10.7. The van der Waals surface area contributed by atoms with Gasteiger partial charge in [0.2, 0.25) is 5.91 Å². The Labute approximate surface area is 134 Å². The first-order valence-electron chi connectivity index (χ1n) is 7.64. The van der Waals surface area contributed by atoms with Crippen molar-refractivity contribution in [3.8, 4) is 5.75 Å². The van der Waals surface area contributed by atoms with Gasteiger partial charge in [0.05, 0.1) is 12.8 Å². The van der Waals surface area contributed by atoms with Crippen LogP contribution in [0.4, 0.5) is 0 Å². The number of hydrogen-bond donors (Lipinski definition) is 1. The van der Waals surface area contributed by atoms with Gasteiger partial charge in [-0.15, -0.1) is 0 Å². The maximum absolute atomic E-state index is 12.1. The van der Waals surface area contributed by atoms with Gasteiger partial charge in [0, 0.05) is 24.1 Å². The highest BCUT2D eigenvalue weighted by Crippen LogP contribution is 2.38. The number of hydrogen-bond acceptors (Lipinski definition) is 4. The van der Waals surface area contributed by atoms with Crippen LogP contribution in [-0.4, -0.2) is 22.8 Å². The number of amides is 1. The lowest BCUT2D eigenvalue weighted by atomic mass is 10.2. The Morgan fingerprint density at radius 1 is 1.30 bits per heavy atom. The van der Waals surface area contributed by atoms with Crippen molar-refractivity contribution >= 4 is 5.91 Å². The molecule has 6 heteroatoms. The van der Waals surface area contributed by atoms with E-state index in [4.69, 9.17) is 4.74 Å². The summed E-state index contributed by atoms with van der Waals surface area (Å²) in [5.74, 6) is 0.913. The molecule has 1 N–H and O–H groups in total. The zero-order chi connectivity index (χ0) is 16.2. The van der Waals surface area contributed by atoms with E-state index in [0.29, 0.717) is 12.5 Å². The van der Waals surface area contributed by atoms with Crippen LogP contribution in [0.25, 0.3) is 0 Å². The summed E-state index contributed by atoms with van der Waals surface area (Å²) >= 11 is 0. The molecule has 1 aromatic carbocycles. The number of carbonyl (C=O) groups is 1. The van der Waals surface area contributed by atoms with Crippen LogP contribution in [0.5, 0.6) is 5.75 Å². The molecule has 0 saturated heterocycles. The smallest absolute Gasteiger partial charge is 0.267 e. The Morgan fingerprint density at radius 2 is 2.09 bits per heavy atom. The number of nitrogens with zero attached hydrogens (tertiary/aromatic N) is 2. The molecular formula is C17H19N3O3. The minimum Gasteiger partial charge on any atom is -0.496 e. The molecule has 1 aromatic heterocycles. The van der Waals surface area contributed by atoms with Crippen LogP contribution < -0.4 is 15.6 Å². The van der Waals surface area contributed by atoms with E-state index in [2.05, 4.69) is 10.4 Å². The van der Waals surface area contributed by atoms with E-state index < -0.39 is 0 Å². The van der Waals surface area contributed by atoms with Crippen molar-refractivity contribution in [2.75, 3.05) is 7.11 Å². The number of rotatable bonds is 6. The molecule has 0 radical (unpaired) electrons. The average molecular weight is 313 g/mol. The summed E-state index contributed by atoms with van der Waals surface area (Å²) in [5, 5.41) is 7.08. The summed E-state index contributed by atoms with van der Waals surface area (Å²) in [5.41, 5.74) is 1.51. The number of para-hydroxylation sites is 1. The highest BCUT2D eigenvalue weighted by atomic mass is 16.5. The molecular weight excluding hydrogens is 294 g/mol. The third kappa shape index (κ3) is 3.77. The standard InChI is InChI=1S/C17H19N3O3/c1-23-15-5-3-2-4-13(15)10-18-16(21)11-20-17(22)9-8-14(19-20)12-6-7-12/h2-5,8-9,12H,6-7,10-11H2,1H3,(H,18,21). The highest BCUT2D eigenvalue weighted by molar-refractivity contribution is 5.75. The van der Waals surface area contributed by atoms with Gasteiger partial charge < -0.3 is 10.1 Å². The van der Waals surface area contributed by atoms with E-state index in [1.807, 2.05) is 24.3 Å². The Hall–Kier alpha value is -2.63. The first-order valence-corrected chi connectivity index (χ1v) is 7.64. The predicted molar refractivity (Wildman–Crippen MR) is 85.3 cm³/mol. The van der Waals surface area contributed by atoms with Crippen LogP contribution in [-0.2, 0) is 17.9 Å². The van der Waals surface area contributed by atoms with Crippen molar-refractivity contribution in [2.45, 2.75) is 31.8 Å². The minimum absolute atomic E-state index is 0.0749. The monoisotopic (exact) mass is 313 g/mol. The number of methoxy groups -OCH3 is 1. The van der Waals surface area contributed by atoms with E-state index in [9.17, 15) is 9.59 Å². The molecule has 2 aromatic rings. The zero-order valence-electron chi connectivity index (χ0n) is 13.0. The van der Waals surface area contributed by atoms with Crippen molar-refractivity contribution in [1.29, 1.82) is 0 Å². The van der Waals surface area contributed by atoms with Crippen LogP contribution in [0.3, 0.4) is 0 Å². The van der Waals surface area contributed by atoms with Gasteiger partial charge >= 0.3 is 0 Å². The summed E-state index contributed by atoms with van der Waals surface area (Å²) < 4.78 is 6.47. The van der Waals surface area contributed by atoms with Crippen LogP contribution in [0.2, 0.25) is 0 Å². The molecule has 1 aliphatic rings. The molecule has 6 nitrogen and oxygen atoms in total. The fourth-order valence-electron chi connectivity index (χ4n) is 2.41. The molecule has 1 heterocycles. The van der Waals surface area contributed by atoms with E-state index in [1.165, 1.54) is 10.7 Å². The van der Waals surface area contributed by atoms with E-state index >= 15 is 0 Å². The zero-order valence-corrected chi connectivity index (χ0v) is 13.0. The average Bonchev–Trinajstić information content (AvgIpc) is 3.40. The Bertz CT molecular complexity index is 766.